The normalized spacial score (nSPS) is 16.8. The maximum absolute atomic E-state index is 5.18. The SMILES string of the molecule is COc1ccc(-n2nnc3cnc(N[C@H]4CCNC4)nc32)cc1.Cl. The summed E-state index contributed by atoms with van der Waals surface area (Å²) < 4.78 is 6.88. The Morgan fingerprint density at radius 3 is 2.83 bits per heavy atom. The van der Waals surface area contributed by atoms with Crippen molar-refractivity contribution >= 4 is 29.5 Å². The van der Waals surface area contributed by atoms with Crippen LogP contribution in [0.25, 0.3) is 16.9 Å². The quantitative estimate of drug-likeness (QED) is 0.737. The zero-order valence-electron chi connectivity index (χ0n) is 13.1. The van der Waals surface area contributed by atoms with Gasteiger partial charge in [0, 0.05) is 12.6 Å². The van der Waals surface area contributed by atoms with Crippen LogP contribution in [-0.2, 0) is 0 Å². The number of ether oxygens (including phenoxy) is 1. The van der Waals surface area contributed by atoms with Gasteiger partial charge in [-0.05, 0) is 37.2 Å². The molecule has 8 nitrogen and oxygen atoms in total. The van der Waals surface area contributed by atoms with Crippen LogP contribution in [-0.4, -0.2) is 51.2 Å². The summed E-state index contributed by atoms with van der Waals surface area (Å²) >= 11 is 0. The molecule has 0 aliphatic carbocycles. The molecule has 0 amide bonds. The molecular weight excluding hydrogens is 330 g/mol. The number of halogens is 1. The number of aromatic nitrogens is 5. The minimum Gasteiger partial charge on any atom is -0.497 e. The predicted molar refractivity (Wildman–Crippen MR) is 93.2 cm³/mol. The maximum Gasteiger partial charge on any atom is 0.225 e. The Morgan fingerprint density at radius 2 is 2.12 bits per heavy atom. The van der Waals surface area contributed by atoms with Crippen LogP contribution in [0.1, 0.15) is 6.42 Å². The van der Waals surface area contributed by atoms with E-state index in [1.807, 2.05) is 24.3 Å². The van der Waals surface area contributed by atoms with E-state index in [2.05, 4.69) is 30.9 Å². The molecule has 4 rings (SSSR count). The highest BCUT2D eigenvalue weighted by atomic mass is 35.5. The van der Waals surface area contributed by atoms with E-state index >= 15 is 0 Å². The van der Waals surface area contributed by atoms with Gasteiger partial charge in [-0.1, -0.05) is 5.21 Å². The van der Waals surface area contributed by atoms with E-state index in [0.717, 1.165) is 30.9 Å². The molecule has 1 saturated heterocycles. The topological polar surface area (TPSA) is 89.8 Å². The average molecular weight is 348 g/mol. The highest BCUT2D eigenvalue weighted by Crippen LogP contribution is 2.18. The minimum atomic E-state index is 0. The molecule has 9 heteroatoms. The Morgan fingerprint density at radius 1 is 1.29 bits per heavy atom. The molecule has 1 aliphatic heterocycles. The number of rotatable bonds is 4. The zero-order chi connectivity index (χ0) is 15.6. The van der Waals surface area contributed by atoms with Crippen molar-refractivity contribution in [2.45, 2.75) is 12.5 Å². The van der Waals surface area contributed by atoms with Crippen LogP contribution in [0.3, 0.4) is 0 Å². The average Bonchev–Trinajstić information content (AvgIpc) is 3.24. The van der Waals surface area contributed by atoms with E-state index in [1.165, 1.54) is 0 Å². The van der Waals surface area contributed by atoms with Crippen molar-refractivity contribution in [3.63, 3.8) is 0 Å². The molecule has 126 valence electrons. The second-order valence-corrected chi connectivity index (χ2v) is 5.44. The monoisotopic (exact) mass is 347 g/mol. The van der Waals surface area contributed by atoms with E-state index < -0.39 is 0 Å². The van der Waals surface area contributed by atoms with E-state index in [1.54, 1.807) is 18.0 Å². The van der Waals surface area contributed by atoms with Crippen LogP contribution in [0, 0.1) is 0 Å². The summed E-state index contributed by atoms with van der Waals surface area (Å²) in [5, 5.41) is 15.0. The van der Waals surface area contributed by atoms with Gasteiger partial charge in [0.05, 0.1) is 19.0 Å². The predicted octanol–water partition coefficient (Wildman–Crippen LogP) is 1.41. The molecule has 0 saturated carbocycles. The molecule has 1 aliphatic rings. The van der Waals surface area contributed by atoms with Crippen molar-refractivity contribution in [1.82, 2.24) is 30.3 Å². The van der Waals surface area contributed by atoms with Crippen LogP contribution < -0.4 is 15.4 Å². The lowest BCUT2D eigenvalue weighted by molar-refractivity contribution is 0.414. The fourth-order valence-corrected chi connectivity index (χ4v) is 2.66. The van der Waals surface area contributed by atoms with E-state index in [4.69, 9.17) is 4.74 Å². The first-order chi connectivity index (χ1) is 11.3. The number of anilines is 1. The van der Waals surface area contributed by atoms with Gasteiger partial charge < -0.3 is 15.4 Å². The molecule has 1 aromatic carbocycles. The molecule has 0 radical (unpaired) electrons. The Kier molecular flexibility index (Phi) is 4.77. The molecule has 1 atom stereocenters. The lowest BCUT2D eigenvalue weighted by Crippen LogP contribution is -2.23. The summed E-state index contributed by atoms with van der Waals surface area (Å²) in [5.74, 6) is 1.40. The van der Waals surface area contributed by atoms with Gasteiger partial charge in [0.1, 0.15) is 5.75 Å². The minimum absolute atomic E-state index is 0. The van der Waals surface area contributed by atoms with Crippen molar-refractivity contribution in [3.8, 4) is 11.4 Å². The Balaban J connectivity index is 0.00000169. The summed E-state index contributed by atoms with van der Waals surface area (Å²) in [6, 6.07) is 7.96. The second kappa shape index (κ2) is 6.98. The first-order valence-corrected chi connectivity index (χ1v) is 7.53. The lowest BCUT2D eigenvalue weighted by Gasteiger charge is -2.10. The van der Waals surface area contributed by atoms with Crippen LogP contribution in [0.15, 0.2) is 30.5 Å². The summed E-state index contributed by atoms with van der Waals surface area (Å²) in [6.45, 7) is 1.95. The van der Waals surface area contributed by atoms with Crippen LogP contribution in [0.5, 0.6) is 5.75 Å². The van der Waals surface area contributed by atoms with Crippen molar-refractivity contribution in [2.75, 3.05) is 25.5 Å². The summed E-state index contributed by atoms with van der Waals surface area (Å²) in [6.07, 6.45) is 2.76. The first-order valence-electron chi connectivity index (χ1n) is 7.53. The molecule has 0 unspecified atom stereocenters. The van der Waals surface area contributed by atoms with E-state index in [0.29, 0.717) is 23.2 Å². The fraction of sp³-hybridized carbons (Fsp3) is 0.333. The number of hydrogen-bond donors (Lipinski definition) is 2. The van der Waals surface area contributed by atoms with Gasteiger partial charge in [0.25, 0.3) is 0 Å². The summed E-state index contributed by atoms with van der Waals surface area (Å²) in [7, 11) is 1.64. The third-order valence-electron chi connectivity index (χ3n) is 3.90. The third kappa shape index (κ3) is 3.10. The van der Waals surface area contributed by atoms with Gasteiger partial charge in [-0.3, -0.25) is 0 Å². The molecule has 2 aromatic heterocycles. The second-order valence-electron chi connectivity index (χ2n) is 5.44. The fourth-order valence-electron chi connectivity index (χ4n) is 2.66. The Labute approximate surface area is 145 Å². The number of nitrogens with zero attached hydrogens (tertiary/aromatic N) is 5. The molecule has 0 bridgehead atoms. The van der Waals surface area contributed by atoms with Gasteiger partial charge >= 0.3 is 0 Å². The highest BCUT2D eigenvalue weighted by molar-refractivity contribution is 5.85. The highest BCUT2D eigenvalue weighted by Gasteiger charge is 2.16. The summed E-state index contributed by atoms with van der Waals surface area (Å²) in [5.41, 5.74) is 2.22. The first kappa shape index (κ1) is 16.4. The van der Waals surface area contributed by atoms with Crippen LogP contribution in [0.4, 0.5) is 5.95 Å². The Bertz CT molecular complexity index is 814. The largest absolute Gasteiger partial charge is 0.497 e. The number of hydrogen-bond acceptors (Lipinski definition) is 7. The van der Waals surface area contributed by atoms with Gasteiger partial charge in [-0.15, -0.1) is 17.5 Å². The number of methoxy groups -OCH3 is 1. The van der Waals surface area contributed by atoms with E-state index in [9.17, 15) is 0 Å². The molecule has 24 heavy (non-hydrogen) atoms. The van der Waals surface area contributed by atoms with Crippen LogP contribution >= 0.6 is 12.4 Å². The standard InChI is InChI=1S/C15H17N7O.ClH/c1-23-12-4-2-11(3-5-12)22-14-13(20-21-22)9-17-15(19-14)18-10-6-7-16-8-10;/h2-5,9-10,16H,6-8H2,1H3,(H,17,18,19);1H/t10-;/m0./s1. The van der Waals surface area contributed by atoms with Crippen molar-refractivity contribution < 1.29 is 4.74 Å². The molecule has 3 aromatic rings. The molecule has 2 N–H and O–H groups in total. The lowest BCUT2D eigenvalue weighted by atomic mass is 10.3. The van der Waals surface area contributed by atoms with Crippen molar-refractivity contribution in [3.05, 3.63) is 30.5 Å². The smallest absolute Gasteiger partial charge is 0.225 e. The molecule has 3 heterocycles. The molecule has 0 spiro atoms. The molecule has 1 fully saturated rings. The zero-order valence-corrected chi connectivity index (χ0v) is 14.0. The van der Waals surface area contributed by atoms with Gasteiger partial charge in [-0.2, -0.15) is 9.67 Å². The van der Waals surface area contributed by atoms with Gasteiger partial charge in [0.2, 0.25) is 5.95 Å². The van der Waals surface area contributed by atoms with Gasteiger partial charge in [-0.25, -0.2) is 4.98 Å². The van der Waals surface area contributed by atoms with Crippen LogP contribution in [0.2, 0.25) is 0 Å². The van der Waals surface area contributed by atoms with Gasteiger partial charge in [0.15, 0.2) is 11.2 Å². The molecular formula is C15H18ClN7O. The maximum atomic E-state index is 5.18. The van der Waals surface area contributed by atoms with Crippen molar-refractivity contribution in [2.24, 2.45) is 0 Å². The third-order valence-corrected chi connectivity index (χ3v) is 3.90. The Hall–Kier alpha value is -2.45. The number of fused-ring (bicyclic) bond motifs is 1. The number of benzene rings is 1. The number of nitrogens with one attached hydrogen (secondary N) is 2. The van der Waals surface area contributed by atoms with Crippen molar-refractivity contribution in [1.29, 1.82) is 0 Å². The summed E-state index contributed by atoms with van der Waals surface area (Å²) in [4.78, 5) is 8.89. The van der Waals surface area contributed by atoms with E-state index in [-0.39, 0.29) is 12.4 Å².